The van der Waals surface area contributed by atoms with Gasteiger partial charge in [0.05, 0.1) is 18.4 Å². The third-order valence-corrected chi connectivity index (χ3v) is 5.57. The van der Waals surface area contributed by atoms with E-state index in [0.717, 1.165) is 17.5 Å². The van der Waals surface area contributed by atoms with Gasteiger partial charge in [-0.2, -0.15) is 4.98 Å². The number of anilines is 1. The number of ether oxygens (including phenoxy) is 1. The van der Waals surface area contributed by atoms with Gasteiger partial charge in [-0.3, -0.25) is 19.4 Å². The van der Waals surface area contributed by atoms with Crippen LogP contribution >= 0.6 is 11.6 Å². The molecule has 0 unspecified atom stereocenters. The number of allylic oxidation sites excluding steroid dienone is 1. The molecule has 5 rings (SSSR count). The molecule has 1 amide bonds. The average molecular weight is 465 g/mol. The number of rotatable bonds is 3. The highest BCUT2D eigenvalue weighted by molar-refractivity contribution is 6.30. The molecule has 33 heavy (non-hydrogen) atoms. The van der Waals surface area contributed by atoms with E-state index in [1.807, 2.05) is 30.3 Å². The minimum atomic E-state index is -0.564. The predicted molar refractivity (Wildman–Crippen MR) is 126 cm³/mol. The number of methoxy groups -OCH3 is 1. The number of nitrogens with one attached hydrogen (secondary N) is 2. The highest BCUT2D eigenvalue weighted by Crippen LogP contribution is 2.47. The minimum Gasteiger partial charge on any atom is -0.468 e. The number of hydrogen-bond acceptors (Lipinski definition) is 6. The Morgan fingerprint density at radius 1 is 1.06 bits per heavy atom. The number of fused-ring (bicyclic) bond motifs is 3. The predicted octanol–water partition coefficient (Wildman–Crippen LogP) is 3.30. The summed E-state index contributed by atoms with van der Waals surface area (Å²) in [5.74, 6) is -0.284. The monoisotopic (exact) mass is 464 g/mol. The third-order valence-electron chi connectivity index (χ3n) is 5.32. The second-order valence-corrected chi connectivity index (χ2v) is 8.12. The first-order valence-electron chi connectivity index (χ1n) is 10.1. The number of carbonyl (C=O) groups is 2. The van der Waals surface area contributed by atoms with Crippen molar-refractivity contribution in [2.24, 2.45) is 0 Å². The maximum Gasteiger partial charge on any atom is 0.298 e. The molecule has 3 aromatic rings. The van der Waals surface area contributed by atoms with Crippen LogP contribution in [0.1, 0.15) is 33.0 Å². The molecular weight excluding hydrogens is 444 g/mol. The molecule has 2 aliphatic rings. The zero-order valence-electron chi connectivity index (χ0n) is 18.2. The number of aromatic amines is 1. The van der Waals surface area contributed by atoms with Gasteiger partial charge < -0.3 is 15.0 Å². The number of aromatic nitrogens is 2. The van der Waals surface area contributed by atoms with E-state index in [4.69, 9.17) is 16.3 Å². The van der Waals surface area contributed by atoms with Crippen molar-refractivity contribution in [3.8, 4) is 6.01 Å². The summed E-state index contributed by atoms with van der Waals surface area (Å²) in [5.41, 5.74) is 3.43. The summed E-state index contributed by atoms with van der Waals surface area (Å²) in [7, 11) is 4.81. The lowest BCUT2D eigenvalue weighted by atomic mass is 9.82. The smallest absolute Gasteiger partial charge is 0.298 e. The van der Waals surface area contributed by atoms with Crippen molar-refractivity contribution in [1.82, 2.24) is 14.9 Å². The van der Waals surface area contributed by atoms with Gasteiger partial charge in [0.1, 0.15) is 5.82 Å². The number of Topliss-reactive ketones (excluding diaryl/α,β-unsaturated/α-hetero) is 1. The Balaban J connectivity index is 0.000000471. The van der Waals surface area contributed by atoms with Crippen LogP contribution in [0.3, 0.4) is 0 Å². The lowest BCUT2D eigenvalue weighted by Crippen LogP contribution is -2.28. The third kappa shape index (κ3) is 4.01. The van der Waals surface area contributed by atoms with E-state index < -0.39 is 5.92 Å². The van der Waals surface area contributed by atoms with E-state index in [2.05, 4.69) is 15.3 Å². The molecule has 1 aromatic heterocycles. The maximum absolute atomic E-state index is 13.2. The Morgan fingerprint density at radius 3 is 2.30 bits per heavy atom. The first kappa shape index (κ1) is 22.3. The summed E-state index contributed by atoms with van der Waals surface area (Å²) in [6.45, 7) is 0. The summed E-state index contributed by atoms with van der Waals surface area (Å²) in [5, 5.41) is 3.77. The zero-order chi connectivity index (χ0) is 23.7. The molecule has 0 fully saturated rings. The summed E-state index contributed by atoms with van der Waals surface area (Å²) >= 11 is 6.05. The largest absolute Gasteiger partial charge is 0.468 e. The summed E-state index contributed by atoms with van der Waals surface area (Å²) in [6, 6.07) is 14.6. The fourth-order valence-corrected chi connectivity index (χ4v) is 4.01. The lowest BCUT2D eigenvalue weighted by Gasteiger charge is -2.27. The summed E-state index contributed by atoms with van der Waals surface area (Å²) in [4.78, 5) is 44.0. The number of benzene rings is 2. The number of carbonyl (C=O) groups excluding carboxylic acids is 2. The maximum atomic E-state index is 13.2. The van der Waals surface area contributed by atoms with Gasteiger partial charge >= 0.3 is 0 Å². The van der Waals surface area contributed by atoms with Crippen LogP contribution in [0.5, 0.6) is 6.01 Å². The van der Waals surface area contributed by atoms with Gasteiger partial charge in [0.15, 0.2) is 5.78 Å². The topological polar surface area (TPSA) is 104 Å². The number of nitrogens with zero attached hydrogens (tertiary/aromatic N) is 2. The van der Waals surface area contributed by atoms with Crippen molar-refractivity contribution in [1.29, 1.82) is 0 Å². The van der Waals surface area contributed by atoms with Crippen molar-refractivity contribution < 1.29 is 14.3 Å². The molecular formula is C24H21ClN4O4. The van der Waals surface area contributed by atoms with Crippen molar-refractivity contribution in [3.63, 3.8) is 0 Å². The molecule has 0 spiro atoms. The van der Waals surface area contributed by atoms with Crippen molar-refractivity contribution in [2.75, 3.05) is 26.5 Å². The van der Waals surface area contributed by atoms with Gasteiger partial charge in [0.25, 0.3) is 11.6 Å². The Hall–Kier alpha value is -3.91. The molecule has 2 aromatic carbocycles. The minimum absolute atomic E-state index is 0.0982. The van der Waals surface area contributed by atoms with E-state index in [-0.39, 0.29) is 17.4 Å². The van der Waals surface area contributed by atoms with Crippen LogP contribution in [0.2, 0.25) is 5.02 Å². The molecule has 1 aliphatic heterocycles. The molecule has 1 aliphatic carbocycles. The Morgan fingerprint density at radius 2 is 1.70 bits per heavy atom. The first-order chi connectivity index (χ1) is 15.8. The van der Waals surface area contributed by atoms with Crippen molar-refractivity contribution >= 4 is 35.3 Å². The van der Waals surface area contributed by atoms with Gasteiger partial charge in [-0.15, -0.1) is 0 Å². The van der Waals surface area contributed by atoms with Crippen LogP contribution in [0.4, 0.5) is 5.82 Å². The molecule has 0 bridgehead atoms. The SMILES string of the molecule is CN(C)C=O.COc1nc2c(c(=O)[nH]1)[C@H](c1ccc(Cl)cc1)C1=C(N2)c2ccccc2C1=O. The number of H-pyrrole nitrogens is 1. The zero-order valence-corrected chi connectivity index (χ0v) is 18.9. The average Bonchev–Trinajstić information content (AvgIpc) is 3.10. The Kier molecular flexibility index (Phi) is 6.02. The van der Waals surface area contributed by atoms with Gasteiger partial charge in [0.2, 0.25) is 6.41 Å². The molecule has 9 heteroatoms. The fourth-order valence-electron chi connectivity index (χ4n) is 3.89. The fraction of sp³-hybridized carbons (Fsp3) is 0.167. The van der Waals surface area contributed by atoms with Crippen LogP contribution in [0.15, 0.2) is 58.9 Å². The molecule has 0 saturated heterocycles. The highest BCUT2D eigenvalue weighted by atomic mass is 35.5. The van der Waals surface area contributed by atoms with Gasteiger partial charge in [-0.1, -0.05) is 48.0 Å². The van der Waals surface area contributed by atoms with Crippen LogP contribution in [-0.2, 0) is 4.79 Å². The van der Waals surface area contributed by atoms with Gasteiger partial charge in [0, 0.05) is 41.7 Å². The van der Waals surface area contributed by atoms with Gasteiger partial charge in [-0.25, -0.2) is 0 Å². The van der Waals surface area contributed by atoms with E-state index in [1.54, 1.807) is 32.3 Å². The summed E-state index contributed by atoms with van der Waals surface area (Å²) < 4.78 is 5.11. The van der Waals surface area contributed by atoms with Crippen LogP contribution in [-0.4, -0.2) is 48.3 Å². The second kappa shape index (κ2) is 8.91. The van der Waals surface area contributed by atoms with Crippen LogP contribution < -0.4 is 15.6 Å². The van der Waals surface area contributed by atoms with Crippen molar-refractivity contribution in [3.05, 3.63) is 91.7 Å². The quantitative estimate of drug-likeness (QED) is 0.576. The molecule has 1 atom stereocenters. The Labute approximate surface area is 194 Å². The molecule has 2 heterocycles. The number of ketones is 1. The second-order valence-electron chi connectivity index (χ2n) is 7.68. The number of hydrogen-bond donors (Lipinski definition) is 2. The van der Waals surface area contributed by atoms with E-state index in [1.165, 1.54) is 12.0 Å². The first-order valence-corrected chi connectivity index (χ1v) is 10.4. The van der Waals surface area contributed by atoms with E-state index >= 15 is 0 Å². The summed E-state index contributed by atoms with van der Waals surface area (Å²) in [6.07, 6.45) is 0.750. The number of amides is 1. The molecule has 8 nitrogen and oxygen atoms in total. The van der Waals surface area contributed by atoms with E-state index in [0.29, 0.717) is 33.2 Å². The van der Waals surface area contributed by atoms with Crippen LogP contribution in [0.25, 0.3) is 5.70 Å². The molecule has 2 N–H and O–H groups in total. The van der Waals surface area contributed by atoms with Gasteiger partial charge in [-0.05, 0) is 17.7 Å². The van der Waals surface area contributed by atoms with Crippen LogP contribution in [0, 0.1) is 0 Å². The van der Waals surface area contributed by atoms with E-state index in [9.17, 15) is 14.4 Å². The normalized spacial score (nSPS) is 15.4. The number of halogens is 1. The molecule has 0 radical (unpaired) electrons. The van der Waals surface area contributed by atoms with Crippen molar-refractivity contribution in [2.45, 2.75) is 5.92 Å². The molecule has 0 saturated carbocycles. The standard InChI is InChI=1S/C21H14ClN3O3.C3H7NO/c1-28-21-24-19-16(20(27)25-21)14(10-6-8-11(22)9-7-10)15-17(23-19)12-4-2-3-5-13(12)18(15)26;1-4(2)3-5/h2-9,14H,1H3,(H2,23,24,25,27);3H,1-2H3/t14-;/m1./s1. The highest BCUT2D eigenvalue weighted by Gasteiger charge is 2.42. The lowest BCUT2D eigenvalue weighted by molar-refractivity contribution is -0.115. The molecule has 168 valence electrons. The Bertz CT molecular complexity index is 1330.